The molecule has 3 rings (SSSR count). The molecule has 0 saturated carbocycles. The van der Waals surface area contributed by atoms with E-state index in [1.165, 1.54) is 31.2 Å². The van der Waals surface area contributed by atoms with Gasteiger partial charge in [-0.2, -0.15) is 0 Å². The zero-order valence-corrected chi connectivity index (χ0v) is 14.1. The van der Waals surface area contributed by atoms with E-state index in [1.54, 1.807) is 13.8 Å². The summed E-state index contributed by atoms with van der Waals surface area (Å²) in [5, 5.41) is 9.88. The maximum absolute atomic E-state index is 12.1. The molecule has 2 fully saturated rings. The van der Waals surface area contributed by atoms with Gasteiger partial charge in [-0.3, -0.25) is 4.79 Å². The summed E-state index contributed by atoms with van der Waals surface area (Å²) in [6.45, 7) is 4.70. The Morgan fingerprint density at radius 1 is 1.16 bits per heavy atom. The fourth-order valence-electron chi connectivity index (χ4n) is 2.86. The van der Waals surface area contributed by atoms with Crippen LogP contribution in [0.4, 0.5) is 0 Å². The highest BCUT2D eigenvalue weighted by atomic mass is 16.8. The Labute approximate surface area is 144 Å². The molecule has 0 spiro atoms. The molecule has 0 aromatic heterocycles. The minimum atomic E-state index is -1.13. The lowest BCUT2D eigenvalue weighted by Crippen LogP contribution is -2.33. The normalized spacial score (nSPS) is 29.9. The third-order valence-corrected chi connectivity index (χ3v) is 3.86. The molecule has 1 aromatic rings. The van der Waals surface area contributed by atoms with Crippen LogP contribution < -0.4 is 4.74 Å². The molecule has 8 heteroatoms. The van der Waals surface area contributed by atoms with Crippen LogP contribution >= 0.6 is 0 Å². The average Bonchev–Trinajstić information content (AvgIpc) is 2.99. The number of ether oxygens (including phenoxy) is 5. The van der Waals surface area contributed by atoms with Crippen LogP contribution in [0.2, 0.25) is 0 Å². The van der Waals surface area contributed by atoms with Crippen LogP contribution in [0.15, 0.2) is 24.3 Å². The number of aliphatic hydroxyl groups is 1. The van der Waals surface area contributed by atoms with E-state index in [1.807, 2.05) is 0 Å². The zero-order chi connectivity index (χ0) is 18.2. The molecule has 25 heavy (non-hydrogen) atoms. The van der Waals surface area contributed by atoms with E-state index < -0.39 is 42.3 Å². The van der Waals surface area contributed by atoms with Crippen LogP contribution in [-0.4, -0.2) is 54.0 Å². The van der Waals surface area contributed by atoms with Crippen LogP contribution in [0.1, 0.15) is 31.1 Å². The van der Waals surface area contributed by atoms with Crippen molar-refractivity contribution in [3.8, 4) is 5.75 Å². The lowest BCUT2D eigenvalue weighted by molar-refractivity contribution is -0.223. The fraction of sp³-hybridized carbons (Fsp3) is 0.529. The molecule has 1 aromatic carbocycles. The second kappa shape index (κ2) is 6.72. The summed E-state index contributed by atoms with van der Waals surface area (Å²) in [5.74, 6) is -1.49. The van der Waals surface area contributed by atoms with Gasteiger partial charge in [0, 0.05) is 6.92 Å². The number of hydrogen-bond acceptors (Lipinski definition) is 8. The largest absolute Gasteiger partial charge is 0.459 e. The van der Waals surface area contributed by atoms with Crippen molar-refractivity contribution in [3.05, 3.63) is 29.8 Å². The quantitative estimate of drug-likeness (QED) is 0.633. The van der Waals surface area contributed by atoms with Gasteiger partial charge in [0.25, 0.3) is 0 Å². The van der Waals surface area contributed by atoms with Crippen molar-refractivity contribution in [2.45, 2.75) is 51.2 Å². The minimum absolute atomic E-state index is 0.0812. The van der Waals surface area contributed by atoms with E-state index in [0.717, 1.165) is 0 Å². The standard InChI is InChI=1S/C17H20O8/c1-9(18)22-11-6-4-10(5-7-11)15(19)21-8-12-13-14(16(20)23-12)25-17(2,3)24-13/h4-7,12-14,16,20H,8H2,1-3H3/t12-,13-,14-,16?/m1/s1. The van der Waals surface area contributed by atoms with Gasteiger partial charge < -0.3 is 28.8 Å². The Balaban J connectivity index is 1.56. The van der Waals surface area contributed by atoms with Crippen LogP contribution in [-0.2, 0) is 23.7 Å². The van der Waals surface area contributed by atoms with Crippen molar-refractivity contribution in [2.24, 2.45) is 0 Å². The molecule has 1 unspecified atom stereocenters. The maximum Gasteiger partial charge on any atom is 0.338 e. The van der Waals surface area contributed by atoms with Crippen molar-refractivity contribution in [3.63, 3.8) is 0 Å². The summed E-state index contributed by atoms with van der Waals surface area (Å²) in [5.41, 5.74) is 0.301. The van der Waals surface area contributed by atoms with Crippen LogP contribution in [0, 0.1) is 0 Å². The number of benzene rings is 1. The first-order valence-corrected chi connectivity index (χ1v) is 7.90. The van der Waals surface area contributed by atoms with Crippen LogP contribution in [0.25, 0.3) is 0 Å². The number of rotatable bonds is 4. The van der Waals surface area contributed by atoms with Gasteiger partial charge in [0.1, 0.15) is 30.7 Å². The molecule has 8 nitrogen and oxygen atoms in total. The number of hydrogen-bond donors (Lipinski definition) is 1. The average molecular weight is 352 g/mol. The van der Waals surface area contributed by atoms with E-state index in [0.29, 0.717) is 11.3 Å². The van der Waals surface area contributed by atoms with E-state index in [4.69, 9.17) is 23.7 Å². The second-order valence-electron chi connectivity index (χ2n) is 6.35. The van der Waals surface area contributed by atoms with Gasteiger partial charge in [-0.1, -0.05) is 0 Å². The number of esters is 2. The van der Waals surface area contributed by atoms with Crippen LogP contribution in [0.5, 0.6) is 5.75 Å². The van der Waals surface area contributed by atoms with Crippen LogP contribution in [0.3, 0.4) is 0 Å². The third-order valence-electron chi connectivity index (χ3n) is 3.86. The number of carbonyl (C=O) groups is 2. The summed E-state index contributed by atoms with van der Waals surface area (Å²) in [6.07, 6.45) is -2.87. The predicted octanol–water partition coefficient (Wildman–Crippen LogP) is 1.01. The van der Waals surface area contributed by atoms with Gasteiger partial charge in [0.2, 0.25) is 0 Å². The molecular formula is C17H20O8. The molecule has 2 heterocycles. The molecule has 0 bridgehead atoms. The van der Waals surface area contributed by atoms with Gasteiger partial charge in [-0.05, 0) is 38.1 Å². The first-order valence-electron chi connectivity index (χ1n) is 7.90. The molecule has 2 saturated heterocycles. The van der Waals surface area contributed by atoms with E-state index in [-0.39, 0.29) is 6.61 Å². The number of fused-ring (bicyclic) bond motifs is 1. The predicted molar refractivity (Wildman–Crippen MR) is 82.7 cm³/mol. The fourth-order valence-corrected chi connectivity index (χ4v) is 2.86. The van der Waals surface area contributed by atoms with E-state index >= 15 is 0 Å². The van der Waals surface area contributed by atoms with Gasteiger partial charge >= 0.3 is 11.9 Å². The van der Waals surface area contributed by atoms with Crippen molar-refractivity contribution >= 4 is 11.9 Å². The zero-order valence-electron chi connectivity index (χ0n) is 14.1. The summed E-state index contributed by atoms with van der Waals surface area (Å²) < 4.78 is 26.8. The van der Waals surface area contributed by atoms with Gasteiger partial charge in [0.15, 0.2) is 12.1 Å². The van der Waals surface area contributed by atoms with Crippen molar-refractivity contribution < 1.29 is 38.4 Å². The Bertz CT molecular complexity index is 653. The summed E-state index contributed by atoms with van der Waals surface area (Å²) in [6, 6.07) is 5.98. The topological polar surface area (TPSA) is 101 Å². The lowest BCUT2D eigenvalue weighted by Gasteiger charge is -2.22. The Hall–Kier alpha value is -2.00. The lowest BCUT2D eigenvalue weighted by atomic mass is 10.1. The summed E-state index contributed by atoms with van der Waals surface area (Å²) in [7, 11) is 0. The Morgan fingerprint density at radius 3 is 2.44 bits per heavy atom. The monoisotopic (exact) mass is 352 g/mol. The van der Waals surface area contributed by atoms with Crippen molar-refractivity contribution in [1.29, 1.82) is 0 Å². The SMILES string of the molecule is CC(=O)Oc1ccc(C(=O)OC[C@H]2OC(O)[C@@H]3OC(C)(C)O[C@H]23)cc1. The number of aliphatic hydroxyl groups excluding tert-OH is 1. The van der Waals surface area contributed by atoms with Gasteiger partial charge in [0.05, 0.1) is 5.56 Å². The van der Waals surface area contributed by atoms with Gasteiger partial charge in [-0.25, -0.2) is 4.79 Å². The highest BCUT2D eigenvalue weighted by Crippen LogP contribution is 2.37. The molecule has 0 aliphatic carbocycles. The maximum atomic E-state index is 12.1. The molecule has 0 amide bonds. The first-order chi connectivity index (χ1) is 11.7. The molecule has 136 valence electrons. The summed E-state index contributed by atoms with van der Waals surface area (Å²) >= 11 is 0. The Kier molecular flexibility index (Phi) is 4.79. The van der Waals surface area contributed by atoms with E-state index in [9.17, 15) is 14.7 Å². The van der Waals surface area contributed by atoms with E-state index in [2.05, 4.69) is 0 Å². The minimum Gasteiger partial charge on any atom is -0.459 e. The summed E-state index contributed by atoms with van der Waals surface area (Å²) in [4.78, 5) is 23.0. The third kappa shape index (κ3) is 3.98. The van der Waals surface area contributed by atoms with Crippen molar-refractivity contribution in [2.75, 3.05) is 6.61 Å². The smallest absolute Gasteiger partial charge is 0.338 e. The second-order valence-corrected chi connectivity index (χ2v) is 6.35. The van der Waals surface area contributed by atoms with Gasteiger partial charge in [-0.15, -0.1) is 0 Å². The molecule has 2 aliphatic rings. The molecular weight excluding hydrogens is 332 g/mol. The Morgan fingerprint density at radius 2 is 1.80 bits per heavy atom. The number of carbonyl (C=O) groups excluding carboxylic acids is 2. The van der Waals surface area contributed by atoms with Crippen molar-refractivity contribution in [1.82, 2.24) is 0 Å². The highest BCUT2D eigenvalue weighted by Gasteiger charge is 2.55. The highest BCUT2D eigenvalue weighted by molar-refractivity contribution is 5.89. The first kappa shape index (κ1) is 17.8. The molecule has 4 atom stereocenters. The molecule has 2 aliphatic heterocycles. The molecule has 0 radical (unpaired) electrons. The molecule has 1 N–H and O–H groups in total.